The number of ether oxygens (including phenoxy) is 1. The van der Waals surface area contributed by atoms with E-state index in [-0.39, 0.29) is 24.8 Å². The topological polar surface area (TPSA) is 79.0 Å². The molecule has 4 N–H and O–H groups in total. The third kappa shape index (κ3) is 2.07. The van der Waals surface area contributed by atoms with E-state index in [9.17, 15) is 10.2 Å². The molecule has 1 fully saturated rings. The molecule has 1 heterocycles. The van der Waals surface area contributed by atoms with Crippen LogP contribution in [0.5, 0.6) is 0 Å². The summed E-state index contributed by atoms with van der Waals surface area (Å²) in [4.78, 5) is 1.80. The molecule has 14 heavy (non-hydrogen) atoms. The molecule has 0 aromatic heterocycles. The first-order valence-electron chi connectivity index (χ1n) is 4.87. The number of nitrogens with zero attached hydrogens (tertiary/aromatic N) is 1. The van der Waals surface area contributed by atoms with Crippen molar-refractivity contribution >= 4 is 0 Å². The van der Waals surface area contributed by atoms with Crippen LogP contribution in [-0.4, -0.2) is 66.2 Å². The van der Waals surface area contributed by atoms with Crippen LogP contribution in [-0.2, 0) is 4.74 Å². The Morgan fingerprint density at radius 3 is 2.29 bits per heavy atom. The van der Waals surface area contributed by atoms with Gasteiger partial charge in [0, 0.05) is 6.54 Å². The van der Waals surface area contributed by atoms with Crippen LogP contribution in [0.1, 0.15) is 6.92 Å². The summed E-state index contributed by atoms with van der Waals surface area (Å²) in [6.45, 7) is 2.05. The minimum absolute atomic E-state index is 0.266. The van der Waals surface area contributed by atoms with E-state index in [1.807, 2.05) is 14.1 Å². The Bertz CT molecular complexity index is 189. The standard InChI is InChI=1S/C9H20N2O3/c1-5-8(12)7(11(2)3)9(13)6(4-10)14-5/h5-9,12-13H,4,10H2,1-3H3/t5-,6+,7+,8-,9+/m0/s1. The fourth-order valence-corrected chi connectivity index (χ4v) is 1.94. The van der Waals surface area contributed by atoms with Crippen molar-refractivity contribution in [2.24, 2.45) is 5.73 Å². The molecule has 0 aliphatic carbocycles. The van der Waals surface area contributed by atoms with E-state index in [0.29, 0.717) is 0 Å². The average Bonchev–Trinajstić information content (AvgIpc) is 2.11. The normalized spacial score (nSPS) is 44.4. The molecule has 5 heteroatoms. The molecular formula is C9H20N2O3. The fourth-order valence-electron chi connectivity index (χ4n) is 1.94. The van der Waals surface area contributed by atoms with Crippen LogP contribution in [0.25, 0.3) is 0 Å². The predicted octanol–water partition coefficient (Wildman–Crippen LogP) is -1.62. The van der Waals surface area contributed by atoms with Gasteiger partial charge in [-0.15, -0.1) is 0 Å². The minimum atomic E-state index is -0.735. The zero-order valence-corrected chi connectivity index (χ0v) is 8.92. The van der Waals surface area contributed by atoms with Gasteiger partial charge in [-0.05, 0) is 21.0 Å². The highest BCUT2D eigenvalue weighted by atomic mass is 16.5. The molecule has 1 aliphatic rings. The van der Waals surface area contributed by atoms with Gasteiger partial charge in [-0.3, -0.25) is 0 Å². The molecule has 5 atom stereocenters. The molecule has 0 saturated carbocycles. The van der Waals surface area contributed by atoms with Crippen LogP contribution < -0.4 is 5.73 Å². The van der Waals surface area contributed by atoms with Gasteiger partial charge >= 0.3 is 0 Å². The maximum Gasteiger partial charge on any atom is 0.0995 e. The Kier molecular flexibility index (Phi) is 3.86. The Morgan fingerprint density at radius 2 is 1.86 bits per heavy atom. The van der Waals surface area contributed by atoms with E-state index >= 15 is 0 Å². The zero-order chi connectivity index (χ0) is 10.9. The van der Waals surface area contributed by atoms with Gasteiger partial charge in [0.15, 0.2) is 0 Å². The molecule has 0 aromatic rings. The molecule has 1 saturated heterocycles. The maximum atomic E-state index is 9.88. The molecule has 84 valence electrons. The van der Waals surface area contributed by atoms with E-state index in [0.717, 1.165) is 0 Å². The lowest BCUT2D eigenvalue weighted by atomic mass is 9.92. The van der Waals surface area contributed by atoms with Gasteiger partial charge in [0.1, 0.15) is 0 Å². The number of aliphatic hydroxyl groups excluding tert-OH is 2. The summed E-state index contributed by atoms with van der Waals surface area (Å²) < 4.78 is 5.39. The molecule has 1 aliphatic heterocycles. The lowest BCUT2D eigenvalue weighted by Crippen LogP contribution is -2.63. The zero-order valence-electron chi connectivity index (χ0n) is 8.92. The Morgan fingerprint density at radius 1 is 1.29 bits per heavy atom. The van der Waals surface area contributed by atoms with Crippen molar-refractivity contribution in [1.82, 2.24) is 4.90 Å². The van der Waals surface area contributed by atoms with E-state index in [2.05, 4.69) is 0 Å². The molecule has 0 radical (unpaired) electrons. The lowest BCUT2D eigenvalue weighted by Gasteiger charge is -2.44. The van der Waals surface area contributed by atoms with E-state index in [1.54, 1.807) is 11.8 Å². The molecule has 0 amide bonds. The number of likely N-dealkylation sites (N-methyl/N-ethyl adjacent to an activating group) is 1. The van der Waals surface area contributed by atoms with Gasteiger partial charge in [0.2, 0.25) is 0 Å². The van der Waals surface area contributed by atoms with Crippen molar-refractivity contribution in [2.75, 3.05) is 20.6 Å². The van der Waals surface area contributed by atoms with Crippen molar-refractivity contribution in [2.45, 2.75) is 37.4 Å². The molecule has 0 aromatic carbocycles. The molecule has 1 rings (SSSR count). The highest BCUT2D eigenvalue weighted by Gasteiger charge is 2.42. The molecular weight excluding hydrogens is 184 g/mol. The number of hydrogen-bond donors (Lipinski definition) is 3. The third-order valence-corrected chi connectivity index (χ3v) is 2.78. The molecule has 0 unspecified atom stereocenters. The van der Waals surface area contributed by atoms with Gasteiger partial charge in [-0.1, -0.05) is 0 Å². The number of rotatable bonds is 2. The SMILES string of the molecule is C[C@@H]1O[C@H](CN)[C@@H](O)[C@H](N(C)C)[C@H]1O. The van der Waals surface area contributed by atoms with E-state index in [1.165, 1.54) is 0 Å². The van der Waals surface area contributed by atoms with Crippen molar-refractivity contribution < 1.29 is 14.9 Å². The van der Waals surface area contributed by atoms with Gasteiger partial charge < -0.3 is 25.6 Å². The van der Waals surface area contributed by atoms with E-state index in [4.69, 9.17) is 10.5 Å². The Balaban J connectivity index is 2.78. The third-order valence-electron chi connectivity index (χ3n) is 2.78. The van der Waals surface area contributed by atoms with Crippen molar-refractivity contribution in [3.05, 3.63) is 0 Å². The Hall–Kier alpha value is -0.200. The van der Waals surface area contributed by atoms with Crippen LogP contribution in [0.3, 0.4) is 0 Å². The van der Waals surface area contributed by atoms with Crippen LogP contribution in [0.15, 0.2) is 0 Å². The summed E-state index contributed by atoms with van der Waals surface area (Å²) >= 11 is 0. The van der Waals surface area contributed by atoms with E-state index < -0.39 is 12.2 Å². The van der Waals surface area contributed by atoms with Crippen molar-refractivity contribution in [3.8, 4) is 0 Å². The van der Waals surface area contributed by atoms with Crippen LogP contribution >= 0.6 is 0 Å². The first-order valence-corrected chi connectivity index (χ1v) is 4.87. The quantitative estimate of drug-likeness (QED) is 0.504. The highest BCUT2D eigenvalue weighted by molar-refractivity contribution is 4.95. The van der Waals surface area contributed by atoms with Gasteiger partial charge in [0.05, 0.1) is 30.5 Å². The smallest absolute Gasteiger partial charge is 0.0995 e. The Labute approximate surface area is 84.5 Å². The summed E-state index contributed by atoms with van der Waals surface area (Å²) in [7, 11) is 3.64. The number of aliphatic hydroxyl groups is 2. The van der Waals surface area contributed by atoms with Crippen LogP contribution in [0, 0.1) is 0 Å². The fraction of sp³-hybridized carbons (Fsp3) is 1.00. The van der Waals surface area contributed by atoms with Gasteiger partial charge in [-0.25, -0.2) is 0 Å². The molecule has 0 bridgehead atoms. The number of hydrogen-bond acceptors (Lipinski definition) is 5. The van der Waals surface area contributed by atoms with Crippen LogP contribution in [0.2, 0.25) is 0 Å². The first kappa shape index (κ1) is 11.9. The number of nitrogens with two attached hydrogens (primary N) is 1. The second kappa shape index (κ2) is 4.55. The lowest BCUT2D eigenvalue weighted by molar-refractivity contribution is -0.192. The minimum Gasteiger partial charge on any atom is -0.389 e. The average molecular weight is 204 g/mol. The first-order chi connectivity index (χ1) is 6.49. The predicted molar refractivity (Wildman–Crippen MR) is 52.9 cm³/mol. The highest BCUT2D eigenvalue weighted by Crippen LogP contribution is 2.23. The molecule has 5 nitrogen and oxygen atoms in total. The van der Waals surface area contributed by atoms with Gasteiger partial charge in [0.25, 0.3) is 0 Å². The molecule has 0 spiro atoms. The summed E-state index contributed by atoms with van der Waals surface area (Å²) in [5, 5.41) is 19.7. The van der Waals surface area contributed by atoms with Crippen LogP contribution in [0.4, 0.5) is 0 Å². The second-order valence-corrected chi connectivity index (χ2v) is 4.05. The van der Waals surface area contributed by atoms with Crippen molar-refractivity contribution in [3.63, 3.8) is 0 Å². The largest absolute Gasteiger partial charge is 0.389 e. The second-order valence-electron chi connectivity index (χ2n) is 4.05. The summed E-state index contributed by atoms with van der Waals surface area (Å²) in [5.74, 6) is 0. The monoisotopic (exact) mass is 204 g/mol. The van der Waals surface area contributed by atoms with Gasteiger partial charge in [-0.2, -0.15) is 0 Å². The summed E-state index contributed by atoms with van der Waals surface area (Å²) in [6.07, 6.45) is -2.09. The maximum absolute atomic E-state index is 9.88. The summed E-state index contributed by atoms with van der Waals surface area (Å²) in [5.41, 5.74) is 5.48. The van der Waals surface area contributed by atoms with Crippen molar-refractivity contribution in [1.29, 1.82) is 0 Å². The summed E-state index contributed by atoms with van der Waals surface area (Å²) in [6, 6.07) is -0.313.